The Bertz CT molecular complexity index is 720. The monoisotopic (exact) mass is 373 g/mol. The molecular formula is C19H27N5OS. The van der Waals surface area contributed by atoms with E-state index in [1.165, 1.54) is 10.7 Å². The van der Waals surface area contributed by atoms with Gasteiger partial charge in [0.1, 0.15) is 5.75 Å². The van der Waals surface area contributed by atoms with E-state index in [1.54, 1.807) is 18.4 Å². The van der Waals surface area contributed by atoms with E-state index in [0.29, 0.717) is 0 Å². The molecule has 7 heteroatoms. The number of anilines is 1. The van der Waals surface area contributed by atoms with E-state index in [1.807, 2.05) is 19.2 Å². The number of aliphatic imine (C=N–C) groups is 1. The number of guanidine groups is 1. The van der Waals surface area contributed by atoms with Gasteiger partial charge in [0.05, 0.1) is 24.4 Å². The standard InChI is InChI=1S/C19H27N5OS/c1-4-18-22-15(14-26-18)13-21-19(20-2)24-11-9-23(10-12-24)16-5-7-17(25-3)8-6-16/h5-8,14H,4,9-13H2,1-3H3,(H,20,21). The van der Waals surface area contributed by atoms with Crippen LogP contribution in [0.4, 0.5) is 5.69 Å². The smallest absolute Gasteiger partial charge is 0.194 e. The molecule has 0 amide bonds. The number of aromatic nitrogens is 1. The van der Waals surface area contributed by atoms with Gasteiger partial charge in [0.15, 0.2) is 5.96 Å². The first-order chi connectivity index (χ1) is 12.7. The van der Waals surface area contributed by atoms with Gasteiger partial charge in [-0.1, -0.05) is 6.92 Å². The van der Waals surface area contributed by atoms with Gasteiger partial charge >= 0.3 is 0 Å². The van der Waals surface area contributed by atoms with Crippen LogP contribution < -0.4 is 15.0 Å². The second kappa shape index (κ2) is 8.89. The fourth-order valence-corrected chi connectivity index (χ4v) is 3.81. The molecule has 0 saturated carbocycles. The summed E-state index contributed by atoms with van der Waals surface area (Å²) in [5.41, 5.74) is 2.33. The minimum atomic E-state index is 0.724. The summed E-state index contributed by atoms with van der Waals surface area (Å²) in [4.78, 5) is 13.8. The molecule has 1 aromatic carbocycles. The molecule has 0 radical (unpaired) electrons. The molecule has 0 aliphatic carbocycles. The maximum atomic E-state index is 5.24. The summed E-state index contributed by atoms with van der Waals surface area (Å²) in [5, 5.41) is 6.76. The lowest BCUT2D eigenvalue weighted by Gasteiger charge is -2.37. The summed E-state index contributed by atoms with van der Waals surface area (Å²) >= 11 is 1.72. The Labute approximate surface area is 159 Å². The van der Waals surface area contributed by atoms with Crippen LogP contribution in [0.15, 0.2) is 34.6 Å². The molecule has 0 unspecified atom stereocenters. The molecule has 26 heavy (non-hydrogen) atoms. The number of benzene rings is 1. The molecule has 0 bridgehead atoms. The van der Waals surface area contributed by atoms with Crippen molar-refractivity contribution >= 4 is 23.0 Å². The first kappa shape index (κ1) is 18.5. The molecule has 0 atom stereocenters. The first-order valence-corrected chi connectivity index (χ1v) is 9.89. The van der Waals surface area contributed by atoms with E-state index in [9.17, 15) is 0 Å². The van der Waals surface area contributed by atoms with Crippen molar-refractivity contribution in [2.45, 2.75) is 19.9 Å². The lowest BCUT2D eigenvalue weighted by molar-refractivity contribution is 0.372. The van der Waals surface area contributed by atoms with Crippen molar-refractivity contribution < 1.29 is 4.74 Å². The number of hydrogen-bond donors (Lipinski definition) is 1. The third-order valence-corrected chi connectivity index (χ3v) is 5.60. The largest absolute Gasteiger partial charge is 0.497 e. The van der Waals surface area contributed by atoms with Crippen molar-refractivity contribution in [3.05, 3.63) is 40.3 Å². The molecule has 140 valence electrons. The number of rotatable bonds is 5. The van der Waals surface area contributed by atoms with Crippen molar-refractivity contribution in [2.75, 3.05) is 45.2 Å². The molecule has 1 aliphatic heterocycles. The SMILES string of the molecule is CCc1nc(CNC(=NC)N2CCN(c3ccc(OC)cc3)CC2)cs1. The van der Waals surface area contributed by atoms with Crippen LogP contribution in [0.25, 0.3) is 0 Å². The van der Waals surface area contributed by atoms with Crippen molar-refractivity contribution in [3.63, 3.8) is 0 Å². The second-order valence-electron chi connectivity index (χ2n) is 6.16. The number of hydrogen-bond acceptors (Lipinski definition) is 5. The average molecular weight is 374 g/mol. The van der Waals surface area contributed by atoms with Gasteiger partial charge in [0, 0.05) is 44.3 Å². The molecule has 1 aliphatic rings. The zero-order valence-corrected chi connectivity index (χ0v) is 16.6. The number of aryl methyl sites for hydroxylation is 1. The van der Waals surface area contributed by atoms with Crippen LogP contribution in [-0.2, 0) is 13.0 Å². The Morgan fingerprint density at radius 2 is 1.96 bits per heavy atom. The summed E-state index contributed by atoms with van der Waals surface area (Å²) in [5.74, 6) is 1.84. The van der Waals surface area contributed by atoms with Crippen LogP contribution in [0, 0.1) is 0 Å². The van der Waals surface area contributed by atoms with E-state index in [-0.39, 0.29) is 0 Å². The van der Waals surface area contributed by atoms with Gasteiger partial charge in [-0.25, -0.2) is 4.98 Å². The zero-order chi connectivity index (χ0) is 18.4. The second-order valence-corrected chi connectivity index (χ2v) is 7.10. The topological polar surface area (TPSA) is 53.0 Å². The molecule has 1 fully saturated rings. The first-order valence-electron chi connectivity index (χ1n) is 9.01. The van der Waals surface area contributed by atoms with E-state index in [0.717, 1.165) is 56.5 Å². The van der Waals surface area contributed by atoms with E-state index < -0.39 is 0 Å². The molecule has 3 rings (SSSR count). The third-order valence-electron chi connectivity index (χ3n) is 4.56. The third kappa shape index (κ3) is 4.46. The summed E-state index contributed by atoms with van der Waals surface area (Å²) in [6, 6.07) is 8.27. The lowest BCUT2D eigenvalue weighted by Crippen LogP contribution is -2.52. The van der Waals surface area contributed by atoms with Gasteiger partial charge in [0.25, 0.3) is 0 Å². The van der Waals surface area contributed by atoms with Crippen LogP contribution in [-0.4, -0.2) is 56.2 Å². The molecule has 1 N–H and O–H groups in total. The average Bonchev–Trinajstić information content (AvgIpc) is 3.17. The van der Waals surface area contributed by atoms with Gasteiger partial charge in [-0.15, -0.1) is 11.3 Å². The predicted octanol–water partition coefficient (Wildman–Crippen LogP) is 2.61. The van der Waals surface area contributed by atoms with E-state index in [4.69, 9.17) is 4.74 Å². The summed E-state index contributed by atoms with van der Waals surface area (Å²) in [7, 11) is 3.54. The van der Waals surface area contributed by atoms with Gasteiger partial charge in [-0.3, -0.25) is 4.99 Å². The molecular weight excluding hydrogens is 346 g/mol. The molecule has 1 saturated heterocycles. The maximum absolute atomic E-state index is 5.24. The molecule has 2 aromatic rings. The van der Waals surface area contributed by atoms with Crippen LogP contribution in [0.1, 0.15) is 17.6 Å². The highest BCUT2D eigenvalue weighted by Crippen LogP contribution is 2.20. The lowest BCUT2D eigenvalue weighted by atomic mass is 10.2. The highest BCUT2D eigenvalue weighted by Gasteiger charge is 2.20. The highest BCUT2D eigenvalue weighted by atomic mass is 32.1. The van der Waals surface area contributed by atoms with Gasteiger partial charge < -0.3 is 19.9 Å². The summed E-state index contributed by atoms with van der Waals surface area (Å²) < 4.78 is 5.24. The number of nitrogens with one attached hydrogen (secondary N) is 1. The maximum Gasteiger partial charge on any atom is 0.194 e. The molecule has 6 nitrogen and oxygen atoms in total. The Kier molecular flexibility index (Phi) is 6.33. The minimum Gasteiger partial charge on any atom is -0.497 e. The summed E-state index contributed by atoms with van der Waals surface area (Å²) in [6.07, 6.45) is 0.993. The van der Waals surface area contributed by atoms with Crippen molar-refractivity contribution in [3.8, 4) is 5.75 Å². The van der Waals surface area contributed by atoms with E-state index in [2.05, 4.69) is 49.5 Å². The Morgan fingerprint density at radius 1 is 1.23 bits per heavy atom. The van der Waals surface area contributed by atoms with Crippen molar-refractivity contribution in [1.82, 2.24) is 15.2 Å². The zero-order valence-electron chi connectivity index (χ0n) is 15.7. The van der Waals surface area contributed by atoms with Crippen molar-refractivity contribution in [1.29, 1.82) is 0 Å². The quantitative estimate of drug-likeness (QED) is 0.645. The Morgan fingerprint density at radius 3 is 2.54 bits per heavy atom. The van der Waals surface area contributed by atoms with Crippen LogP contribution in [0.2, 0.25) is 0 Å². The molecule has 0 spiro atoms. The molecule has 2 heterocycles. The number of nitrogens with zero attached hydrogens (tertiary/aromatic N) is 4. The normalized spacial score (nSPS) is 15.3. The van der Waals surface area contributed by atoms with Crippen molar-refractivity contribution in [2.24, 2.45) is 4.99 Å². The fourth-order valence-electron chi connectivity index (χ4n) is 3.06. The fraction of sp³-hybridized carbons (Fsp3) is 0.474. The number of thiazole rings is 1. The Hall–Kier alpha value is -2.28. The Balaban J connectivity index is 1.51. The number of piperazine rings is 1. The van der Waals surface area contributed by atoms with Crippen LogP contribution >= 0.6 is 11.3 Å². The summed E-state index contributed by atoms with van der Waals surface area (Å²) in [6.45, 7) is 6.71. The highest BCUT2D eigenvalue weighted by molar-refractivity contribution is 7.09. The predicted molar refractivity (Wildman–Crippen MR) is 108 cm³/mol. The number of ether oxygens (including phenoxy) is 1. The number of methoxy groups -OCH3 is 1. The van der Waals surface area contributed by atoms with Gasteiger partial charge in [-0.05, 0) is 30.7 Å². The van der Waals surface area contributed by atoms with Gasteiger partial charge in [-0.2, -0.15) is 0 Å². The minimum absolute atomic E-state index is 0.724. The van der Waals surface area contributed by atoms with Crippen LogP contribution in [0.5, 0.6) is 5.75 Å². The van der Waals surface area contributed by atoms with Crippen LogP contribution in [0.3, 0.4) is 0 Å². The van der Waals surface area contributed by atoms with Gasteiger partial charge in [0.2, 0.25) is 0 Å². The van der Waals surface area contributed by atoms with E-state index >= 15 is 0 Å². The molecule has 1 aromatic heterocycles.